The lowest BCUT2D eigenvalue weighted by Gasteiger charge is -2.30. The molecule has 3 rings (SSSR count). The Morgan fingerprint density at radius 2 is 2.17 bits per heavy atom. The first kappa shape index (κ1) is 16.6. The molecule has 0 bridgehead atoms. The Kier molecular flexibility index (Phi) is 4.66. The Balaban J connectivity index is 1.64. The van der Waals surface area contributed by atoms with E-state index >= 15 is 0 Å². The maximum Gasteiger partial charge on any atom is 0.330 e. The average Bonchev–Trinajstić information content (AvgIpc) is 3.04. The minimum atomic E-state index is -1.19. The van der Waals surface area contributed by atoms with Gasteiger partial charge in [-0.05, 0) is 24.3 Å². The molecular weight excluding hydrogens is 332 g/mol. The highest BCUT2D eigenvalue weighted by Gasteiger charge is 2.43. The number of aliphatic carboxylic acids is 1. The number of nitrogens with zero attached hydrogens (tertiary/aromatic N) is 1. The largest absolute Gasteiger partial charge is 0.482 e. The maximum atomic E-state index is 12.2. The predicted molar refractivity (Wildman–Crippen MR) is 89.4 cm³/mol. The van der Waals surface area contributed by atoms with Crippen molar-refractivity contribution in [2.75, 3.05) is 29.6 Å². The number of nitrogens with one attached hydrogen (secondary N) is 1. The Morgan fingerprint density at radius 3 is 2.88 bits per heavy atom. The number of benzene rings is 1. The van der Waals surface area contributed by atoms with Gasteiger partial charge in [0.2, 0.25) is 5.91 Å². The van der Waals surface area contributed by atoms with E-state index < -0.39 is 11.5 Å². The van der Waals surface area contributed by atoms with Crippen molar-refractivity contribution in [2.45, 2.75) is 18.4 Å². The summed E-state index contributed by atoms with van der Waals surface area (Å²) < 4.78 is 5.36. The molecule has 0 aliphatic carbocycles. The Hall–Kier alpha value is -2.22. The third kappa shape index (κ3) is 3.19. The van der Waals surface area contributed by atoms with E-state index in [1.54, 1.807) is 18.2 Å². The van der Waals surface area contributed by atoms with Gasteiger partial charge in [-0.3, -0.25) is 9.59 Å². The number of carboxylic acid groups (broad SMARTS) is 1. The van der Waals surface area contributed by atoms with E-state index in [1.807, 2.05) is 6.07 Å². The first-order chi connectivity index (χ1) is 11.5. The summed E-state index contributed by atoms with van der Waals surface area (Å²) in [6.45, 7) is 0.127. The number of carboxylic acids is 1. The number of amides is 2. The molecule has 1 fully saturated rings. The van der Waals surface area contributed by atoms with Crippen molar-refractivity contribution in [1.82, 2.24) is 5.32 Å². The molecule has 24 heavy (non-hydrogen) atoms. The summed E-state index contributed by atoms with van der Waals surface area (Å²) in [6.07, 6.45) is 0.456. The summed E-state index contributed by atoms with van der Waals surface area (Å²) in [5.41, 5.74) is -0.555. The van der Waals surface area contributed by atoms with Crippen LogP contribution >= 0.6 is 11.8 Å². The molecule has 2 aliphatic heterocycles. The summed E-state index contributed by atoms with van der Waals surface area (Å²) in [6, 6.07) is 7.14. The van der Waals surface area contributed by atoms with Crippen molar-refractivity contribution in [3.8, 4) is 5.75 Å². The molecule has 0 spiro atoms. The van der Waals surface area contributed by atoms with Crippen LogP contribution in [-0.2, 0) is 14.4 Å². The molecular formula is C16H18N2O5S. The number of carbonyl (C=O) groups excluding carboxylic acids is 2. The van der Waals surface area contributed by atoms with Gasteiger partial charge in [0.25, 0.3) is 5.91 Å². The van der Waals surface area contributed by atoms with E-state index in [9.17, 15) is 19.5 Å². The molecule has 1 atom stereocenters. The molecule has 1 aromatic rings. The number of thioether (sulfide) groups is 1. The topological polar surface area (TPSA) is 95.9 Å². The molecule has 2 heterocycles. The number of anilines is 1. The lowest BCUT2D eigenvalue weighted by Crippen LogP contribution is -2.55. The lowest BCUT2D eigenvalue weighted by atomic mass is 9.99. The predicted octanol–water partition coefficient (Wildman–Crippen LogP) is 0.879. The number of carbonyl (C=O) groups is 3. The van der Waals surface area contributed by atoms with Gasteiger partial charge in [0, 0.05) is 18.7 Å². The van der Waals surface area contributed by atoms with Gasteiger partial charge in [0.1, 0.15) is 11.3 Å². The van der Waals surface area contributed by atoms with Gasteiger partial charge in [-0.2, -0.15) is 11.8 Å². The van der Waals surface area contributed by atoms with E-state index in [0.717, 1.165) is 0 Å². The fourth-order valence-corrected chi connectivity index (χ4v) is 4.15. The lowest BCUT2D eigenvalue weighted by molar-refractivity contribution is -0.146. The van der Waals surface area contributed by atoms with Crippen LogP contribution in [0.25, 0.3) is 0 Å². The van der Waals surface area contributed by atoms with Gasteiger partial charge in [-0.25, -0.2) is 4.79 Å². The van der Waals surface area contributed by atoms with Crippen molar-refractivity contribution in [1.29, 1.82) is 0 Å². The molecule has 1 unspecified atom stereocenters. The van der Waals surface area contributed by atoms with Crippen LogP contribution in [0.4, 0.5) is 5.69 Å². The van der Waals surface area contributed by atoms with Gasteiger partial charge in [0.15, 0.2) is 6.61 Å². The Morgan fingerprint density at radius 1 is 1.38 bits per heavy atom. The molecule has 0 aromatic heterocycles. The third-order valence-corrected chi connectivity index (χ3v) is 5.37. The fraction of sp³-hybridized carbons (Fsp3) is 0.438. The van der Waals surface area contributed by atoms with Gasteiger partial charge in [-0.1, -0.05) is 12.1 Å². The van der Waals surface area contributed by atoms with Crippen LogP contribution in [0.5, 0.6) is 5.75 Å². The SMILES string of the molecule is O=C(CCN1C(=O)COc2ccccc21)NC1(C(=O)O)CCSC1. The van der Waals surface area contributed by atoms with E-state index in [4.69, 9.17) is 4.74 Å². The second-order valence-corrected chi connectivity index (χ2v) is 6.89. The summed E-state index contributed by atoms with van der Waals surface area (Å²) >= 11 is 1.51. The van der Waals surface area contributed by atoms with Gasteiger partial charge in [-0.15, -0.1) is 0 Å². The molecule has 1 aromatic carbocycles. The second kappa shape index (κ2) is 6.72. The van der Waals surface area contributed by atoms with Crippen molar-refractivity contribution >= 4 is 35.2 Å². The molecule has 7 nitrogen and oxygen atoms in total. The molecule has 0 saturated carbocycles. The Bertz CT molecular complexity index is 672. The average molecular weight is 350 g/mol. The number of hydrogen-bond acceptors (Lipinski definition) is 5. The van der Waals surface area contributed by atoms with Crippen molar-refractivity contribution in [3.63, 3.8) is 0 Å². The number of rotatable bonds is 5. The molecule has 8 heteroatoms. The summed E-state index contributed by atoms with van der Waals surface area (Å²) in [5, 5.41) is 12.0. The van der Waals surface area contributed by atoms with Gasteiger partial charge >= 0.3 is 5.97 Å². The van der Waals surface area contributed by atoms with Crippen LogP contribution in [0.3, 0.4) is 0 Å². The number of ether oxygens (including phenoxy) is 1. The van der Waals surface area contributed by atoms with Crippen molar-refractivity contribution in [2.24, 2.45) is 0 Å². The van der Waals surface area contributed by atoms with E-state index in [-0.39, 0.29) is 31.4 Å². The smallest absolute Gasteiger partial charge is 0.330 e. The zero-order valence-corrected chi connectivity index (χ0v) is 13.8. The summed E-state index contributed by atoms with van der Waals surface area (Å²) in [7, 11) is 0. The molecule has 2 aliphatic rings. The zero-order chi connectivity index (χ0) is 17.2. The van der Waals surface area contributed by atoms with Crippen molar-refractivity contribution in [3.05, 3.63) is 24.3 Å². The first-order valence-corrected chi connectivity index (χ1v) is 8.82. The fourth-order valence-electron chi connectivity index (χ4n) is 2.83. The standard InChI is InChI=1S/C16H18N2O5S/c19-13(17-16(15(21)22)6-8-24-10-16)5-7-18-11-3-1-2-4-12(11)23-9-14(18)20/h1-4H,5-10H2,(H,17,19)(H,21,22). The minimum absolute atomic E-state index is 0.0414. The van der Waals surface area contributed by atoms with E-state index in [1.165, 1.54) is 16.7 Å². The van der Waals surface area contributed by atoms with Crippen LogP contribution in [0, 0.1) is 0 Å². The molecule has 1 saturated heterocycles. The number of fused-ring (bicyclic) bond motifs is 1. The molecule has 2 N–H and O–H groups in total. The highest BCUT2D eigenvalue weighted by molar-refractivity contribution is 7.99. The first-order valence-electron chi connectivity index (χ1n) is 7.66. The van der Waals surface area contributed by atoms with Crippen LogP contribution < -0.4 is 15.0 Å². The zero-order valence-electron chi connectivity index (χ0n) is 13.0. The second-order valence-electron chi connectivity index (χ2n) is 5.79. The van der Waals surface area contributed by atoms with Crippen molar-refractivity contribution < 1.29 is 24.2 Å². The maximum absolute atomic E-state index is 12.2. The quantitative estimate of drug-likeness (QED) is 0.818. The highest BCUT2D eigenvalue weighted by Crippen LogP contribution is 2.32. The van der Waals surface area contributed by atoms with E-state index in [2.05, 4.69) is 5.32 Å². The normalized spacial score (nSPS) is 22.7. The van der Waals surface area contributed by atoms with Crippen LogP contribution in [-0.4, -0.2) is 53.1 Å². The minimum Gasteiger partial charge on any atom is -0.482 e. The third-order valence-electron chi connectivity index (χ3n) is 4.18. The highest BCUT2D eigenvalue weighted by atomic mass is 32.2. The van der Waals surface area contributed by atoms with Gasteiger partial charge in [0.05, 0.1) is 5.69 Å². The van der Waals surface area contributed by atoms with Crippen LogP contribution in [0.2, 0.25) is 0 Å². The van der Waals surface area contributed by atoms with Crippen LogP contribution in [0.15, 0.2) is 24.3 Å². The van der Waals surface area contributed by atoms with E-state index in [0.29, 0.717) is 29.4 Å². The summed E-state index contributed by atoms with van der Waals surface area (Å²) in [4.78, 5) is 37.3. The number of para-hydroxylation sites is 2. The number of hydrogen-bond donors (Lipinski definition) is 2. The van der Waals surface area contributed by atoms with Gasteiger partial charge < -0.3 is 20.1 Å². The summed E-state index contributed by atoms with van der Waals surface area (Å²) in [5.74, 6) is 0.0952. The monoisotopic (exact) mass is 350 g/mol. The Labute approximate surface area is 143 Å². The molecule has 128 valence electrons. The molecule has 0 radical (unpaired) electrons. The molecule has 2 amide bonds. The van der Waals surface area contributed by atoms with Crippen LogP contribution in [0.1, 0.15) is 12.8 Å².